The molecule has 0 spiro atoms. The van der Waals surface area contributed by atoms with Crippen LogP contribution in [0.15, 0.2) is 0 Å². The highest BCUT2D eigenvalue weighted by molar-refractivity contribution is 4.88. The molecule has 2 unspecified atom stereocenters. The average Bonchev–Trinajstić information content (AvgIpc) is 2.77. The summed E-state index contributed by atoms with van der Waals surface area (Å²) >= 11 is 0. The summed E-state index contributed by atoms with van der Waals surface area (Å²) in [5.41, 5.74) is 0. The Hall–Kier alpha value is -0.120. The van der Waals surface area contributed by atoms with E-state index in [0.29, 0.717) is 24.3 Å². The van der Waals surface area contributed by atoms with Crippen LogP contribution in [0.4, 0.5) is 0 Å². The molecule has 0 aliphatic heterocycles. The van der Waals surface area contributed by atoms with Gasteiger partial charge in [-0.2, -0.15) is 0 Å². The third kappa shape index (κ3) is 2.96. The van der Waals surface area contributed by atoms with Crippen molar-refractivity contribution in [1.29, 1.82) is 0 Å². The van der Waals surface area contributed by atoms with Crippen LogP contribution in [0, 0.1) is 0 Å². The molecule has 3 heteroatoms. The lowest BCUT2D eigenvalue weighted by Gasteiger charge is -2.32. The lowest BCUT2D eigenvalue weighted by Crippen LogP contribution is -2.45. The van der Waals surface area contributed by atoms with Crippen LogP contribution in [0.2, 0.25) is 0 Å². The first-order chi connectivity index (χ1) is 7.83. The van der Waals surface area contributed by atoms with Crippen molar-refractivity contribution >= 4 is 0 Å². The van der Waals surface area contributed by atoms with Crippen LogP contribution in [0.3, 0.4) is 0 Å². The molecule has 2 saturated carbocycles. The molecule has 0 amide bonds. The molecule has 0 radical (unpaired) electrons. The van der Waals surface area contributed by atoms with Gasteiger partial charge in [0.2, 0.25) is 0 Å². The quantitative estimate of drug-likeness (QED) is 0.798. The Kier molecular flexibility index (Phi) is 4.62. The van der Waals surface area contributed by atoms with Crippen molar-refractivity contribution in [2.75, 3.05) is 14.2 Å². The molecule has 0 saturated heterocycles. The summed E-state index contributed by atoms with van der Waals surface area (Å²) in [5.74, 6) is 0. The summed E-state index contributed by atoms with van der Waals surface area (Å²) in [6, 6.07) is 1.28. The predicted molar refractivity (Wildman–Crippen MR) is 64.6 cm³/mol. The smallest absolute Gasteiger partial charge is 0.0724 e. The van der Waals surface area contributed by atoms with Gasteiger partial charge in [-0.25, -0.2) is 0 Å². The minimum Gasteiger partial charge on any atom is -0.381 e. The first-order valence-corrected chi connectivity index (χ1v) is 6.65. The fourth-order valence-electron chi connectivity index (χ4n) is 3.17. The fraction of sp³-hybridized carbons (Fsp3) is 1.00. The number of methoxy groups -OCH3 is 2. The maximum Gasteiger partial charge on any atom is 0.0724 e. The molecule has 0 aromatic carbocycles. The number of rotatable bonds is 4. The van der Waals surface area contributed by atoms with Gasteiger partial charge in [-0.15, -0.1) is 0 Å². The molecule has 2 aliphatic rings. The second-order valence-corrected chi connectivity index (χ2v) is 5.19. The van der Waals surface area contributed by atoms with Gasteiger partial charge in [-0.3, -0.25) is 0 Å². The lowest BCUT2D eigenvalue weighted by molar-refractivity contribution is 0.0504. The highest BCUT2D eigenvalue weighted by atomic mass is 16.5. The van der Waals surface area contributed by atoms with E-state index in [4.69, 9.17) is 9.47 Å². The van der Waals surface area contributed by atoms with Gasteiger partial charge < -0.3 is 14.8 Å². The van der Waals surface area contributed by atoms with Crippen LogP contribution in [0.1, 0.15) is 44.9 Å². The predicted octanol–water partition coefficient (Wildman–Crippen LogP) is 2.10. The van der Waals surface area contributed by atoms with E-state index in [1.165, 1.54) is 44.9 Å². The Labute approximate surface area is 98.9 Å². The van der Waals surface area contributed by atoms with E-state index in [1.807, 2.05) is 14.2 Å². The van der Waals surface area contributed by atoms with Gasteiger partial charge >= 0.3 is 0 Å². The van der Waals surface area contributed by atoms with E-state index in [1.54, 1.807) is 0 Å². The van der Waals surface area contributed by atoms with Crippen molar-refractivity contribution in [3.8, 4) is 0 Å². The Morgan fingerprint density at radius 1 is 0.875 bits per heavy atom. The molecule has 1 N–H and O–H groups in total. The number of nitrogens with one attached hydrogen (secondary N) is 1. The van der Waals surface area contributed by atoms with E-state index in [9.17, 15) is 0 Å². The summed E-state index contributed by atoms with van der Waals surface area (Å²) in [5, 5.41) is 3.78. The summed E-state index contributed by atoms with van der Waals surface area (Å²) in [7, 11) is 3.67. The molecule has 94 valence electrons. The van der Waals surface area contributed by atoms with Crippen LogP contribution < -0.4 is 5.32 Å². The molecule has 2 aliphatic carbocycles. The van der Waals surface area contributed by atoms with Gasteiger partial charge in [0.25, 0.3) is 0 Å². The summed E-state index contributed by atoms with van der Waals surface area (Å²) in [6.45, 7) is 0. The van der Waals surface area contributed by atoms with E-state index in [-0.39, 0.29) is 0 Å². The molecule has 0 aromatic heterocycles. The highest BCUT2D eigenvalue weighted by Crippen LogP contribution is 2.26. The Balaban J connectivity index is 1.73. The van der Waals surface area contributed by atoms with Crippen molar-refractivity contribution in [2.24, 2.45) is 0 Å². The lowest BCUT2D eigenvalue weighted by atomic mass is 9.92. The zero-order valence-electron chi connectivity index (χ0n) is 10.6. The molecule has 0 aromatic rings. The number of ether oxygens (including phenoxy) is 2. The zero-order chi connectivity index (χ0) is 11.4. The first kappa shape index (κ1) is 12.3. The molecule has 0 bridgehead atoms. The standard InChI is InChI=1S/C13H25NO2/c1-15-11-8-6-10(7-9-11)14-12-4-3-5-13(12)16-2/h10-14H,3-9H2,1-2H3. The SMILES string of the molecule is COC1CCC(NC2CCCC2OC)CC1. The van der Waals surface area contributed by atoms with Gasteiger partial charge in [0.05, 0.1) is 12.2 Å². The first-order valence-electron chi connectivity index (χ1n) is 6.65. The van der Waals surface area contributed by atoms with Gasteiger partial charge in [0.1, 0.15) is 0 Å². The third-order valence-corrected chi connectivity index (χ3v) is 4.21. The fourth-order valence-corrected chi connectivity index (χ4v) is 3.17. The van der Waals surface area contributed by atoms with E-state index >= 15 is 0 Å². The summed E-state index contributed by atoms with van der Waals surface area (Å²) in [6.07, 6.45) is 9.68. The molecular weight excluding hydrogens is 202 g/mol. The van der Waals surface area contributed by atoms with E-state index < -0.39 is 0 Å². The van der Waals surface area contributed by atoms with Gasteiger partial charge in [-0.1, -0.05) is 0 Å². The van der Waals surface area contributed by atoms with Crippen LogP contribution >= 0.6 is 0 Å². The largest absolute Gasteiger partial charge is 0.381 e. The Morgan fingerprint density at radius 3 is 2.25 bits per heavy atom. The second kappa shape index (κ2) is 5.99. The van der Waals surface area contributed by atoms with Crippen LogP contribution in [-0.2, 0) is 9.47 Å². The monoisotopic (exact) mass is 227 g/mol. The minimum absolute atomic E-state index is 0.445. The zero-order valence-corrected chi connectivity index (χ0v) is 10.6. The maximum atomic E-state index is 5.52. The second-order valence-electron chi connectivity index (χ2n) is 5.19. The van der Waals surface area contributed by atoms with Gasteiger partial charge in [0, 0.05) is 26.3 Å². The topological polar surface area (TPSA) is 30.5 Å². The number of hydrogen-bond acceptors (Lipinski definition) is 3. The van der Waals surface area contributed by atoms with E-state index in [2.05, 4.69) is 5.32 Å². The van der Waals surface area contributed by atoms with Gasteiger partial charge in [-0.05, 0) is 44.9 Å². The average molecular weight is 227 g/mol. The normalized spacial score (nSPS) is 40.1. The number of hydrogen-bond donors (Lipinski definition) is 1. The minimum atomic E-state index is 0.445. The van der Waals surface area contributed by atoms with Crippen molar-refractivity contribution in [2.45, 2.75) is 69.2 Å². The van der Waals surface area contributed by atoms with Crippen LogP contribution in [0.5, 0.6) is 0 Å². The Bertz CT molecular complexity index is 202. The molecule has 2 fully saturated rings. The maximum absolute atomic E-state index is 5.52. The molecule has 2 atom stereocenters. The molecule has 2 rings (SSSR count). The molecular formula is C13H25NO2. The van der Waals surface area contributed by atoms with Crippen molar-refractivity contribution in [3.05, 3.63) is 0 Å². The van der Waals surface area contributed by atoms with Crippen molar-refractivity contribution in [3.63, 3.8) is 0 Å². The molecule has 16 heavy (non-hydrogen) atoms. The van der Waals surface area contributed by atoms with Crippen molar-refractivity contribution in [1.82, 2.24) is 5.32 Å². The molecule has 3 nitrogen and oxygen atoms in total. The Morgan fingerprint density at radius 2 is 1.62 bits per heavy atom. The van der Waals surface area contributed by atoms with Gasteiger partial charge in [0.15, 0.2) is 0 Å². The third-order valence-electron chi connectivity index (χ3n) is 4.21. The summed E-state index contributed by atoms with van der Waals surface area (Å²) in [4.78, 5) is 0. The summed E-state index contributed by atoms with van der Waals surface area (Å²) < 4.78 is 10.9. The van der Waals surface area contributed by atoms with E-state index in [0.717, 1.165) is 0 Å². The van der Waals surface area contributed by atoms with Crippen LogP contribution in [-0.4, -0.2) is 38.5 Å². The van der Waals surface area contributed by atoms with Crippen LogP contribution in [0.25, 0.3) is 0 Å². The highest BCUT2D eigenvalue weighted by Gasteiger charge is 2.30. The van der Waals surface area contributed by atoms with Crippen molar-refractivity contribution < 1.29 is 9.47 Å². The molecule has 0 heterocycles.